The first kappa shape index (κ1) is 19.9. The van der Waals surface area contributed by atoms with Gasteiger partial charge in [0, 0.05) is 17.1 Å². The van der Waals surface area contributed by atoms with Crippen LogP contribution in [-0.2, 0) is 11.3 Å². The lowest BCUT2D eigenvalue weighted by Crippen LogP contribution is -2.46. The molecule has 0 fully saturated rings. The number of para-hydroxylation sites is 2. The maximum Gasteiger partial charge on any atom is 0.261 e. The van der Waals surface area contributed by atoms with E-state index >= 15 is 0 Å². The second-order valence-corrected chi connectivity index (χ2v) is 7.83. The van der Waals surface area contributed by atoms with E-state index in [1.165, 1.54) is 21.0 Å². The first-order valence-corrected chi connectivity index (χ1v) is 10.3. The van der Waals surface area contributed by atoms with Crippen molar-refractivity contribution in [2.45, 2.75) is 39.8 Å². The van der Waals surface area contributed by atoms with Crippen LogP contribution in [0.5, 0.6) is 0 Å². The number of carbonyl (C=O) groups excluding carboxylic acids is 1. The van der Waals surface area contributed by atoms with Crippen LogP contribution in [-0.4, -0.2) is 20.4 Å². The number of hydrogen-bond donors (Lipinski definition) is 2. The lowest BCUT2D eigenvalue weighted by atomic mass is 9.96. The van der Waals surface area contributed by atoms with Crippen LogP contribution in [0.3, 0.4) is 0 Å². The van der Waals surface area contributed by atoms with Gasteiger partial charge in [-0.1, -0.05) is 50.6 Å². The average molecular weight is 402 g/mol. The Kier molecular flexibility index (Phi) is 5.40. The average Bonchev–Trinajstić information content (AvgIpc) is 3.15. The van der Waals surface area contributed by atoms with Gasteiger partial charge < -0.3 is 10.3 Å². The topological polar surface area (TPSA) is 79.8 Å². The molecule has 0 saturated carbocycles. The van der Waals surface area contributed by atoms with Gasteiger partial charge >= 0.3 is 0 Å². The van der Waals surface area contributed by atoms with E-state index < -0.39 is 0 Å². The maximum absolute atomic E-state index is 12.5. The van der Waals surface area contributed by atoms with Crippen molar-refractivity contribution in [3.05, 3.63) is 76.5 Å². The zero-order valence-corrected chi connectivity index (χ0v) is 17.5. The Morgan fingerprint density at radius 3 is 2.53 bits per heavy atom. The number of aromatic amines is 1. The van der Waals surface area contributed by atoms with Crippen LogP contribution in [0.2, 0.25) is 0 Å². The van der Waals surface area contributed by atoms with E-state index in [4.69, 9.17) is 0 Å². The predicted octanol–water partition coefficient (Wildman–Crippen LogP) is 4.09. The zero-order valence-electron chi connectivity index (χ0n) is 17.5. The number of nitrogens with one attached hydrogen (secondary N) is 2. The SMILES string of the molecule is CCC(C)C1NC(=O)Cn2c1nc1ccccc1c2=O.Cc1c[nH]c2ccccc12. The molecule has 0 radical (unpaired) electrons. The maximum atomic E-state index is 12.5. The summed E-state index contributed by atoms with van der Waals surface area (Å²) in [6.07, 6.45) is 2.94. The van der Waals surface area contributed by atoms with E-state index in [-0.39, 0.29) is 30.0 Å². The second-order valence-electron chi connectivity index (χ2n) is 7.83. The van der Waals surface area contributed by atoms with Crippen molar-refractivity contribution >= 4 is 27.7 Å². The molecule has 1 amide bonds. The molecule has 2 aromatic carbocycles. The molecule has 2 atom stereocenters. The number of nitrogens with zero attached hydrogens (tertiary/aromatic N) is 2. The van der Waals surface area contributed by atoms with E-state index in [1.54, 1.807) is 6.07 Å². The number of benzene rings is 2. The van der Waals surface area contributed by atoms with Gasteiger partial charge in [0.2, 0.25) is 5.91 Å². The van der Waals surface area contributed by atoms with Crippen LogP contribution in [0, 0.1) is 12.8 Å². The molecule has 3 heterocycles. The summed E-state index contributed by atoms with van der Waals surface area (Å²) in [5, 5.41) is 4.84. The number of aromatic nitrogens is 3. The standard InChI is InChI=1S/C15H17N3O2.C9H9N/c1-3-9(2)13-14-16-11-7-5-4-6-10(11)15(20)18(14)8-12(19)17-13;1-7-6-10-9-5-3-2-4-8(7)9/h4-7,9,13H,3,8H2,1-2H3,(H,17,19);2-6,10H,1H3. The lowest BCUT2D eigenvalue weighted by molar-refractivity contribution is -0.124. The van der Waals surface area contributed by atoms with Crippen molar-refractivity contribution in [3.8, 4) is 0 Å². The molecule has 1 aliphatic rings. The molecule has 2 aromatic heterocycles. The second kappa shape index (κ2) is 8.14. The molecule has 2 unspecified atom stereocenters. The van der Waals surface area contributed by atoms with Gasteiger partial charge in [-0.25, -0.2) is 4.98 Å². The number of fused-ring (bicyclic) bond motifs is 3. The minimum atomic E-state index is -0.196. The highest BCUT2D eigenvalue weighted by atomic mass is 16.2. The van der Waals surface area contributed by atoms with Crippen molar-refractivity contribution in [1.29, 1.82) is 0 Å². The molecule has 0 spiro atoms. The minimum absolute atomic E-state index is 0.0545. The number of hydrogen-bond acceptors (Lipinski definition) is 3. The van der Waals surface area contributed by atoms with Gasteiger partial charge in [-0.05, 0) is 36.6 Å². The Bertz CT molecular complexity index is 1270. The summed E-state index contributed by atoms with van der Waals surface area (Å²) in [6, 6.07) is 15.4. The van der Waals surface area contributed by atoms with Gasteiger partial charge in [-0.3, -0.25) is 14.2 Å². The van der Waals surface area contributed by atoms with Crippen LogP contribution in [0.4, 0.5) is 0 Å². The van der Waals surface area contributed by atoms with Crippen molar-refractivity contribution in [3.63, 3.8) is 0 Å². The van der Waals surface area contributed by atoms with Crippen molar-refractivity contribution < 1.29 is 4.79 Å². The molecule has 0 saturated heterocycles. The summed E-state index contributed by atoms with van der Waals surface area (Å²) in [7, 11) is 0. The van der Waals surface area contributed by atoms with Crippen molar-refractivity contribution in [2.75, 3.05) is 0 Å². The number of rotatable bonds is 2. The molecule has 4 aromatic rings. The molecule has 1 aliphatic heterocycles. The number of H-pyrrole nitrogens is 1. The quantitative estimate of drug-likeness (QED) is 0.530. The number of carbonyl (C=O) groups is 1. The van der Waals surface area contributed by atoms with E-state index in [9.17, 15) is 9.59 Å². The monoisotopic (exact) mass is 402 g/mol. The van der Waals surface area contributed by atoms with Crippen LogP contribution in [0.15, 0.2) is 59.5 Å². The van der Waals surface area contributed by atoms with E-state index in [0.29, 0.717) is 16.7 Å². The van der Waals surface area contributed by atoms with Crippen LogP contribution >= 0.6 is 0 Å². The smallest absolute Gasteiger partial charge is 0.261 e. The van der Waals surface area contributed by atoms with Crippen molar-refractivity contribution in [2.24, 2.45) is 5.92 Å². The normalized spacial score (nSPS) is 16.5. The van der Waals surface area contributed by atoms with Crippen LogP contribution in [0.1, 0.15) is 37.7 Å². The minimum Gasteiger partial charge on any atom is -0.361 e. The highest BCUT2D eigenvalue weighted by Crippen LogP contribution is 2.26. The van der Waals surface area contributed by atoms with E-state index in [2.05, 4.69) is 54.3 Å². The Labute approximate surface area is 175 Å². The molecule has 154 valence electrons. The Morgan fingerprint density at radius 1 is 1.10 bits per heavy atom. The van der Waals surface area contributed by atoms with E-state index in [1.807, 2.05) is 30.5 Å². The van der Waals surface area contributed by atoms with Gasteiger partial charge in [0.05, 0.1) is 16.9 Å². The molecule has 0 bridgehead atoms. The fourth-order valence-corrected chi connectivity index (χ4v) is 3.85. The summed E-state index contributed by atoms with van der Waals surface area (Å²) in [5.41, 5.74) is 3.09. The number of amides is 1. The molecule has 6 nitrogen and oxygen atoms in total. The van der Waals surface area contributed by atoms with Gasteiger partial charge in [0.25, 0.3) is 5.56 Å². The predicted molar refractivity (Wildman–Crippen MR) is 119 cm³/mol. The first-order valence-electron chi connectivity index (χ1n) is 10.3. The summed E-state index contributed by atoms with van der Waals surface area (Å²) < 4.78 is 1.51. The molecule has 6 heteroatoms. The molecule has 30 heavy (non-hydrogen) atoms. The molecule has 2 N–H and O–H groups in total. The van der Waals surface area contributed by atoms with E-state index in [0.717, 1.165) is 6.42 Å². The number of aryl methyl sites for hydroxylation is 1. The highest BCUT2D eigenvalue weighted by Gasteiger charge is 2.30. The summed E-state index contributed by atoms with van der Waals surface area (Å²) in [6.45, 7) is 6.29. The Balaban J connectivity index is 0.000000181. The third-order valence-corrected chi connectivity index (χ3v) is 5.80. The van der Waals surface area contributed by atoms with Gasteiger partial charge in [0.1, 0.15) is 12.4 Å². The molecular weight excluding hydrogens is 376 g/mol. The van der Waals surface area contributed by atoms with Crippen molar-refractivity contribution in [1.82, 2.24) is 19.9 Å². The fourth-order valence-electron chi connectivity index (χ4n) is 3.85. The summed E-state index contributed by atoms with van der Waals surface area (Å²) in [4.78, 5) is 32.2. The third-order valence-electron chi connectivity index (χ3n) is 5.80. The Morgan fingerprint density at radius 2 is 1.80 bits per heavy atom. The lowest BCUT2D eigenvalue weighted by Gasteiger charge is -2.30. The third kappa shape index (κ3) is 3.61. The largest absolute Gasteiger partial charge is 0.361 e. The molecular formula is C24H26N4O2. The van der Waals surface area contributed by atoms with Gasteiger partial charge in [-0.15, -0.1) is 0 Å². The molecule has 0 aliphatic carbocycles. The zero-order chi connectivity index (χ0) is 21.3. The van der Waals surface area contributed by atoms with Gasteiger partial charge in [-0.2, -0.15) is 0 Å². The van der Waals surface area contributed by atoms with Gasteiger partial charge in [0.15, 0.2) is 0 Å². The summed E-state index contributed by atoms with van der Waals surface area (Å²) >= 11 is 0. The van der Waals surface area contributed by atoms with Crippen LogP contribution < -0.4 is 10.9 Å². The highest BCUT2D eigenvalue weighted by molar-refractivity contribution is 5.82. The fraction of sp³-hybridized carbons (Fsp3) is 0.292. The molecule has 5 rings (SSSR count). The summed E-state index contributed by atoms with van der Waals surface area (Å²) in [5.74, 6) is 0.781. The van der Waals surface area contributed by atoms with Crippen LogP contribution in [0.25, 0.3) is 21.8 Å². The first-order chi connectivity index (χ1) is 14.5. The Hall–Kier alpha value is -3.41.